The van der Waals surface area contributed by atoms with E-state index in [-0.39, 0.29) is 5.82 Å². The van der Waals surface area contributed by atoms with Gasteiger partial charge in [0.25, 0.3) is 5.88 Å². The number of hydrogen-bond acceptors (Lipinski definition) is 6. The van der Waals surface area contributed by atoms with E-state index < -0.39 is 0 Å². The molecule has 0 atom stereocenters. The van der Waals surface area contributed by atoms with Gasteiger partial charge in [-0.15, -0.1) is 0 Å². The third-order valence-electron chi connectivity index (χ3n) is 4.20. The van der Waals surface area contributed by atoms with Crippen LogP contribution in [-0.2, 0) is 0 Å². The van der Waals surface area contributed by atoms with Crippen LogP contribution < -0.4 is 15.4 Å². The Bertz CT molecular complexity index is 684. The number of aromatic nitrogens is 2. The molecule has 0 saturated carbocycles. The molecular weight excluding hydrogens is 370 g/mol. The fourth-order valence-corrected chi connectivity index (χ4v) is 3.03. The van der Waals surface area contributed by atoms with Crippen molar-refractivity contribution in [2.75, 3.05) is 36.8 Å². The number of halogens is 1. The van der Waals surface area contributed by atoms with Crippen molar-refractivity contribution >= 4 is 27.4 Å². The van der Waals surface area contributed by atoms with Gasteiger partial charge in [-0.1, -0.05) is 0 Å². The number of nitrogens with two attached hydrogens (primary N) is 1. The molecule has 0 aliphatic carbocycles. The first-order valence-electron chi connectivity index (χ1n) is 8.08. The zero-order chi connectivity index (χ0) is 17.1. The van der Waals surface area contributed by atoms with Crippen LogP contribution in [0.25, 0.3) is 0 Å². The lowest BCUT2D eigenvalue weighted by atomic mass is 10.2. The van der Waals surface area contributed by atoms with E-state index in [1.54, 1.807) is 6.20 Å². The molecule has 24 heavy (non-hydrogen) atoms. The van der Waals surface area contributed by atoms with Crippen molar-refractivity contribution in [2.45, 2.75) is 19.9 Å². The zero-order valence-corrected chi connectivity index (χ0v) is 15.5. The summed E-state index contributed by atoms with van der Waals surface area (Å²) in [5, 5.41) is 0. The van der Waals surface area contributed by atoms with Gasteiger partial charge >= 0.3 is 0 Å². The maximum atomic E-state index is 5.79. The second-order valence-corrected chi connectivity index (χ2v) is 6.91. The maximum Gasteiger partial charge on any atom is 0.263 e. The van der Waals surface area contributed by atoms with E-state index in [2.05, 4.69) is 61.7 Å². The van der Waals surface area contributed by atoms with Crippen LogP contribution in [-0.4, -0.2) is 47.1 Å². The molecule has 0 unspecified atom stereocenters. The number of benzene rings is 1. The van der Waals surface area contributed by atoms with E-state index in [0.29, 0.717) is 22.3 Å². The Morgan fingerprint density at radius 1 is 1.12 bits per heavy atom. The van der Waals surface area contributed by atoms with Gasteiger partial charge in [0.15, 0.2) is 5.82 Å². The van der Waals surface area contributed by atoms with E-state index in [1.165, 1.54) is 5.69 Å². The van der Waals surface area contributed by atoms with Crippen molar-refractivity contribution in [3.63, 3.8) is 0 Å². The number of anilines is 2. The molecule has 1 fully saturated rings. The third kappa shape index (κ3) is 3.96. The Balaban J connectivity index is 1.65. The summed E-state index contributed by atoms with van der Waals surface area (Å²) < 4.78 is 6.31. The second kappa shape index (κ2) is 7.36. The minimum absolute atomic E-state index is 0.270. The van der Waals surface area contributed by atoms with E-state index in [9.17, 15) is 0 Å². The van der Waals surface area contributed by atoms with Gasteiger partial charge < -0.3 is 15.4 Å². The van der Waals surface area contributed by atoms with Gasteiger partial charge in [-0.25, -0.2) is 9.97 Å². The van der Waals surface area contributed by atoms with Crippen molar-refractivity contribution in [1.82, 2.24) is 14.9 Å². The van der Waals surface area contributed by atoms with Crippen molar-refractivity contribution in [3.8, 4) is 11.6 Å². The highest BCUT2D eigenvalue weighted by molar-refractivity contribution is 9.10. The summed E-state index contributed by atoms with van der Waals surface area (Å²) in [7, 11) is 0. The lowest BCUT2D eigenvalue weighted by Gasteiger charge is -2.38. The molecule has 1 saturated heterocycles. The number of rotatable bonds is 4. The highest BCUT2D eigenvalue weighted by Crippen LogP contribution is 2.27. The van der Waals surface area contributed by atoms with Crippen LogP contribution in [0.2, 0.25) is 0 Å². The van der Waals surface area contributed by atoms with Crippen LogP contribution in [0, 0.1) is 0 Å². The molecule has 1 aromatic carbocycles. The zero-order valence-electron chi connectivity index (χ0n) is 13.9. The molecule has 128 valence electrons. The monoisotopic (exact) mass is 391 g/mol. The molecule has 6 nitrogen and oxygen atoms in total. The van der Waals surface area contributed by atoms with Gasteiger partial charge in [-0.05, 0) is 54.0 Å². The second-order valence-electron chi connectivity index (χ2n) is 6.10. The lowest BCUT2D eigenvalue weighted by molar-refractivity contribution is 0.209. The summed E-state index contributed by atoms with van der Waals surface area (Å²) in [4.78, 5) is 13.1. The fraction of sp³-hybridized carbons (Fsp3) is 0.412. The van der Waals surface area contributed by atoms with Crippen LogP contribution >= 0.6 is 15.9 Å². The van der Waals surface area contributed by atoms with Crippen LogP contribution in [0.3, 0.4) is 0 Å². The average molecular weight is 392 g/mol. The van der Waals surface area contributed by atoms with Gasteiger partial charge in [0.05, 0.1) is 6.20 Å². The molecule has 2 aromatic rings. The Hall–Kier alpha value is -1.86. The Kier molecular flexibility index (Phi) is 5.20. The molecule has 2 heterocycles. The standard InChI is InChI=1S/C17H22BrN5O/c1-12(2)22-7-9-23(10-8-22)13-3-5-14(6-4-13)24-17-16(19)20-11-15(18)21-17/h3-6,11-12H,7-10H2,1-2H3,(H2,19,20). The van der Waals surface area contributed by atoms with Crippen LogP contribution in [0.15, 0.2) is 35.1 Å². The Morgan fingerprint density at radius 2 is 1.79 bits per heavy atom. The highest BCUT2D eigenvalue weighted by Gasteiger charge is 2.19. The average Bonchev–Trinajstić information content (AvgIpc) is 2.59. The molecule has 0 spiro atoms. The van der Waals surface area contributed by atoms with Crippen molar-refractivity contribution in [2.24, 2.45) is 0 Å². The number of nitrogen functional groups attached to an aromatic ring is 1. The first-order chi connectivity index (χ1) is 11.5. The third-order valence-corrected chi connectivity index (χ3v) is 4.58. The molecule has 3 rings (SSSR count). The molecule has 0 radical (unpaired) electrons. The normalized spacial score (nSPS) is 15.8. The Labute approximate surface area is 150 Å². The minimum Gasteiger partial charge on any atom is -0.436 e. The number of hydrogen-bond donors (Lipinski definition) is 1. The van der Waals surface area contributed by atoms with Crippen LogP contribution in [0.4, 0.5) is 11.5 Å². The molecule has 7 heteroatoms. The van der Waals surface area contributed by atoms with E-state index in [0.717, 1.165) is 26.2 Å². The quantitative estimate of drug-likeness (QED) is 0.863. The summed E-state index contributed by atoms with van der Waals surface area (Å²) in [6.45, 7) is 8.78. The molecule has 1 aromatic heterocycles. The predicted octanol–water partition coefficient (Wildman–Crippen LogP) is 3.14. The Morgan fingerprint density at radius 3 is 2.42 bits per heavy atom. The topological polar surface area (TPSA) is 67.5 Å². The minimum atomic E-state index is 0.270. The van der Waals surface area contributed by atoms with Gasteiger partial charge in [-0.2, -0.15) is 0 Å². The van der Waals surface area contributed by atoms with Gasteiger partial charge in [-0.3, -0.25) is 4.90 Å². The maximum absolute atomic E-state index is 5.79. The smallest absolute Gasteiger partial charge is 0.263 e. The lowest BCUT2D eigenvalue weighted by Crippen LogP contribution is -2.48. The molecule has 2 N–H and O–H groups in total. The molecule has 0 bridgehead atoms. The molecule has 1 aliphatic heterocycles. The largest absolute Gasteiger partial charge is 0.436 e. The first kappa shape index (κ1) is 17.0. The number of piperazine rings is 1. The van der Waals surface area contributed by atoms with Gasteiger partial charge in [0.1, 0.15) is 10.4 Å². The van der Waals surface area contributed by atoms with Gasteiger partial charge in [0.2, 0.25) is 0 Å². The van der Waals surface area contributed by atoms with Crippen LogP contribution in [0.5, 0.6) is 11.6 Å². The van der Waals surface area contributed by atoms with Crippen molar-refractivity contribution in [3.05, 3.63) is 35.1 Å². The van der Waals surface area contributed by atoms with E-state index >= 15 is 0 Å². The van der Waals surface area contributed by atoms with E-state index in [1.807, 2.05) is 12.1 Å². The SMILES string of the molecule is CC(C)N1CCN(c2ccc(Oc3nc(Br)cnc3N)cc2)CC1. The summed E-state index contributed by atoms with van der Waals surface area (Å²) in [6.07, 6.45) is 1.54. The summed E-state index contributed by atoms with van der Waals surface area (Å²) in [5.41, 5.74) is 7.00. The summed E-state index contributed by atoms with van der Waals surface area (Å²) in [6, 6.07) is 8.63. The highest BCUT2D eigenvalue weighted by atomic mass is 79.9. The van der Waals surface area contributed by atoms with Gasteiger partial charge in [0, 0.05) is 37.9 Å². The van der Waals surface area contributed by atoms with E-state index in [4.69, 9.17) is 10.5 Å². The molecular formula is C17H22BrN5O. The molecule has 1 aliphatic rings. The predicted molar refractivity (Wildman–Crippen MR) is 99.6 cm³/mol. The summed E-state index contributed by atoms with van der Waals surface area (Å²) in [5.74, 6) is 1.27. The number of nitrogens with zero attached hydrogens (tertiary/aromatic N) is 4. The van der Waals surface area contributed by atoms with Crippen molar-refractivity contribution in [1.29, 1.82) is 0 Å². The molecule has 0 amide bonds. The fourth-order valence-electron chi connectivity index (χ4n) is 2.77. The van der Waals surface area contributed by atoms with Crippen LogP contribution in [0.1, 0.15) is 13.8 Å². The number of ether oxygens (including phenoxy) is 1. The summed E-state index contributed by atoms with van der Waals surface area (Å²) >= 11 is 3.27. The first-order valence-corrected chi connectivity index (χ1v) is 8.87. The van der Waals surface area contributed by atoms with Crippen molar-refractivity contribution < 1.29 is 4.74 Å².